The highest BCUT2D eigenvalue weighted by Gasteiger charge is 2.05. The number of nitrogens with zero attached hydrogens (tertiary/aromatic N) is 1. The zero-order valence-electron chi connectivity index (χ0n) is 6.47. The number of nitrogens with one attached hydrogen (secondary N) is 1. The van der Waals surface area contributed by atoms with Crippen molar-refractivity contribution in [3.8, 4) is 0 Å². The molecule has 0 radical (unpaired) electrons. The molecule has 1 N–H and O–H groups in total. The molecule has 12 heavy (non-hydrogen) atoms. The molecule has 3 nitrogen and oxygen atoms in total. The molecule has 1 heterocycles. The number of fused-ring (bicyclic) bond motifs is 1. The molecule has 0 aliphatic heterocycles. The molecule has 0 aliphatic rings. The number of para-hydroxylation sites is 1. The summed E-state index contributed by atoms with van der Waals surface area (Å²) in [4.78, 5) is 4.13. The first-order valence-electron chi connectivity index (χ1n) is 3.54. The van der Waals surface area contributed by atoms with Crippen LogP contribution in [0.25, 0.3) is 11.1 Å². The van der Waals surface area contributed by atoms with E-state index in [1.165, 1.54) is 0 Å². The second-order valence-corrected chi connectivity index (χ2v) is 2.76. The molecule has 0 atom stereocenters. The van der Waals surface area contributed by atoms with Gasteiger partial charge in [-0.15, -0.1) is 0 Å². The van der Waals surface area contributed by atoms with Crippen LogP contribution < -0.4 is 5.32 Å². The van der Waals surface area contributed by atoms with Gasteiger partial charge in [-0.25, -0.2) is 0 Å². The third kappa shape index (κ3) is 1.02. The van der Waals surface area contributed by atoms with Gasteiger partial charge in [0.2, 0.25) is 0 Å². The molecular weight excluding hydrogens is 176 g/mol. The fraction of sp³-hybridized carbons (Fsp3) is 0.125. The highest BCUT2D eigenvalue weighted by molar-refractivity contribution is 6.34. The Hall–Kier alpha value is -1.22. The van der Waals surface area contributed by atoms with E-state index in [2.05, 4.69) is 10.3 Å². The lowest BCUT2D eigenvalue weighted by Gasteiger charge is -1.87. The molecule has 1 aromatic heterocycles. The van der Waals surface area contributed by atoms with E-state index < -0.39 is 0 Å². The quantitative estimate of drug-likeness (QED) is 0.737. The van der Waals surface area contributed by atoms with Crippen molar-refractivity contribution >= 4 is 28.7 Å². The highest BCUT2D eigenvalue weighted by atomic mass is 35.5. The van der Waals surface area contributed by atoms with E-state index in [9.17, 15) is 0 Å². The Balaban J connectivity index is 2.74. The predicted molar refractivity (Wildman–Crippen MR) is 48.6 cm³/mol. The van der Waals surface area contributed by atoms with Gasteiger partial charge in [0.05, 0.1) is 5.02 Å². The molecule has 1 aromatic carbocycles. The van der Waals surface area contributed by atoms with Crippen LogP contribution in [0.1, 0.15) is 0 Å². The summed E-state index contributed by atoms with van der Waals surface area (Å²) in [5, 5.41) is 3.39. The van der Waals surface area contributed by atoms with Gasteiger partial charge in [0.25, 0.3) is 6.01 Å². The van der Waals surface area contributed by atoms with E-state index in [1.54, 1.807) is 13.1 Å². The number of hydrogen-bond acceptors (Lipinski definition) is 3. The van der Waals surface area contributed by atoms with Gasteiger partial charge in [0.1, 0.15) is 5.52 Å². The standard InChI is InChI=1S/C8H7ClN2O/c1-10-8-11-6-4-2-3-5(9)7(6)12-8/h2-4H,1H3,(H,10,11). The molecule has 0 fully saturated rings. The normalized spacial score (nSPS) is 10.5. The summed E-state index contributed by atoms with van der Waals surface area (Å²) in [5.74, 6) is 0. The van der Waals surface area contributed by atoms with Crippen molar-refractivity contribution in [2.75, 3.05) is 12.4 Å². The number of oxazole rings is 1. The lowest BCUT2D eigenvalue weighted by Crippen LogP contribution is -1.85. The number of anilines is 1. The molecule has 2 rings (SSSR count). The van der Waals surface area contributed by atoms with Crippen molar-refractivity contribution in [3.05, 3.63) is 23.2 Å². The molecule has 0 bridgehead atoms. The van der Waals surface area contributed by atoms with Crippen LogP contribution in [0.3, 0.4) is 0 Å². The Morgan fingerprint density at radius 2 is 2.33 bits per heavy atom. The Kier molecular flexibility index (Phi) is 1.66. The van der Waals surface area contributed by atoms with Gasteiger partial charge in [-0.05, 0) is 12.1 Å². The minimum absolute atomic E-state index is 0.484. The van der Waals surface area contributed by atoms with E-state index in [1.807, 2.05) is 12.1 Å². The van der Waals surface area contributed by atoms with Crippen molar-refractivity contribution in [3.63, 3.8) is 0 Å². The van der Waals surface area contributed by atoms with Gasteiger partial charge in [-0.3, -0.25) is 0 Å². The van der Waals surface area contributed by atoms with Gasteiger partial charge in [-0.1, -0.05) is 17.7 Å². The number of rotatable bonds is 1. The smallest absolute Gasteiger partial charge is 0.295 e. The van der Waals surface area contributed by atoms with Crippen LogP contribution in [0.5, 0.6) is 0 Å². The van der Waals surface area contributed by atoms with Crippen LogP contribution in [-0.2, 0) is 0 Å². The van der Waals surface area contributed by atoms with Crippen molar-refractivity contribution < 1.29 is 4.42 Å². The average molecular weight is 183 g/mol. The summed E-state index contributed by atoms with van der Waals surface area (Å²) in [7, 11) is 1.75. The monoisotopic (exact) mass is 182 g/mol. The summed E-state index contributed by atoms with van der Waals surface area (Å²) in [6.45, 7) is 0. The van der Waals surface area contributed by atoms with E-state index in [0.29, 0.717) is 16.6 Å². The molecule has 2 aromatic rings. The van der Waals surface area contributed by atoms with Crippen LogP contribution in [0.15, 0.2) is 22.6 Å². The van der Waals surface area contributed by atoms with Crippen LogP contribution >= 0.6 is 11.6 Å². The van der Waals surface area contributed by atoms with Gasteiger partial charge >= 0.3 is 0 Å². The number of halogens is 1. The maximum atomic E-state index is 5.87. The molecule has 62 valence electrons. The SMILES string of the molecule is CNc1nc2cccc(Cl)c2o1. The minimum Gasteiger partial charge on any atom is -0.422 e. The Morgan fingerprint density at radius 1 is 1.50 bits per heavy atom. The second-order valence-electron chi connectivity index (χ2n) is 2.36. The largest absolute Gasteiger partial charge is 0.422 e. The van der Waals surface area contributed by atoms with E-state index >= 15 is 0 Å². The number of benzene rings is 1. The van der Waals surface area contributed by atoms with Gasteiger partial charge < -0.3 is 9.73 Å². The first-order valence-corrected chi connectivity index (χ1v) is 3.92. The zero-order chi connectivity index (χ0) is 8.55. The first-order chi connectivity index (χ1) is 5.81. The van der Waals surface area contributed by atoms with Crippen molar-refractivity contribution in [2.24, 2.45) is 0 Å². The van der Waals surface area contributed by atoms with Crippen molar-refractivity contribution in [1.29, 1.82) is 0 Å². The summed E-state index contributed by atoms with van der Waals surface area (Å²) in [5.41, 5.74) is 1.40. The van der Waals surface area contributed by atoms with E-state index in [0.717, 1.165) is 5.52 Å². The topological polar surface area (TPSA) is 38.1 Å². The van der Waals surface area contributed by atoms with Gasteiger partial charge in [0.15, 0.2) is 5.58 Å². The fourth-order valence-electron chi connectivity index (χ4n) is 1.02. The summed E-state index contributed by atoms with van der Waals surface area (Å²) in [6.07, 6.45) is 0. The zero-order valence-corrected chi connectivity index (χ0v) is 7.22. The molecule has 0 aliphatic carbocycles. The Bertz CT molecular complexity index is 410. The maximum Gasteiger partial charge on any atom is 0.295 e. The molecule has 0 unspecified atom stereocenters. The second kappa shape index (κ2) is 2.68. The summed E-state index contributed by atoms with van der Waals surface area (Å²) < 4.78 is 5.29. The van der Waals surface area contributed by atoms with Crippen LogP contribution in [-0.4, -0.2) is 12.0 Å². The third-order valence-electron chi connectivity index (χ3n) is 1.58. The van der Waals surface area contributed by atoms with Crippen molar-refractivity contribution in [1.82, 2.24) is 4.98 Å². The average Bonchev–Trinajstić information content (AvgIpc) is 2.49. The Labute approximate surface area is 74.3 Å². The molecule has 0 saturated carbocycles. The van der Waals surface area contributed by atoms with E-state index in [-0.39, 0.29) is 0 Å². The fourth-order valence-corrected chi connectivity index (χ4v) is 1.23. The molecule has 0 spiro atoms. The van der Waals surface area contributed by atoms with Crippen LogP contribution in [0, 0.1) is 0 Å². The van der Waals surface area contributed by atoms with Crippen molar-refractivity contribution in [2.45, 2.75) is 0 Å². The summed E-state index contributed by atoms with van der Waals surface area (Å²) in [6, 6.07) is 5.95. The van der Waals surface area contributed by atoms with Gasteiger partial charge in [-0.2, -0.15) is 4.98 Å². The third-order valence-corrected chi connectivity index (χ3v) is 1.88. The molecule has 0 saturated heterocycles. The van der Waals surface area contributed by atoms with E-state index in [4.69, 9.17) is 16.0 Å². The lowest BCUT2D eigenvalue weighted by molar-refractivity contribution is 0.620. The predicted octanol–water partition coefficient (Wildman–Crippen LogP) is 2.52. The first kappa shape index (κ1) is 7.43. The van der Waals surface area contributed by atoms with Gasteiger partial charge in [0, 0.05) is 7.05 Å². The minimum atomic E-state index is 0.484. The van der Waals surface area contributed by atoms with Crippen LogP contribution in [0.2, 0.25) is 5.02 Å². The molecule has 0 amide bonds. The molecular formula is C8H7ClN2O. The lowest BCUT2D eigenvalue weighted by atomic mass is 10.3. The number of aromatic nitrogens is 1. The maximum absolute atomic E-state index is 5.87. The highest BCUT2D eigenvalue weighted by Crippen LogP contribution is 2.25. The summed E-state index contributed by atoms with van der Waals surface area (Å²) >= 11 is 5.87. The number of hydrogen-bond donors (Lipinski definition) is 1. The Morgan fingerprint density at radius 3 is 3.00 bits per heavy atom. The molecule has 4 heteroatoms. The van der Waals surface area contributed by atoms with Crippen LogP contribution in [0.4, 0.5) is 6.01 Å².